The van der Waals surface area contributed by atoms with Crippen LogP contribution in [-0.2, 0) is 11.3 Å². The summed E-state index contributed by atoms with van der Waals surface area (Å²) in [5.74, 6) is 0. The first-order chi connectivity index (χ1) is 5.95. The molecule has 1 aromatic rings. The minimum absolute atomic E-state index is 0.865. The van der Waals surface area contributed by atoms with E-state index in [9.17, 15) is 0 Å². The third kappa shape index (κ3) is 1.84. The highest BCUT2D eigenvalue weighted by Gasteiger charge is 2.11. The Balaban J connectivity index is 1.86. The summed E-state index contributed by atoms with van der Waals surface area (Å²) < 4.78 is 5.26. The summed E-state index contributed by atoms with van der Waals surface area (Å²) in [6.07, 6.45) is 1.91. The molecule has 0 aliphatic carbocycles. The highest BCUT2D eigenvalue weighted by atomic mass is 16.5. The van der Waals surface area contributed by atoms with E-state index in [1.54, 1.807) is 0 Å². The van der Waals surface area contributed by atoms with Crippen LogP contribution in [0, 0.1) is 0 Å². The van der Waals surface area contributed by atoms with Gasteiger partial charge in [0.1, 0.15) is 0 Å². The molecule has 0 radical (unpaired) electrons. The van der Waals surface area contributed by atoms with E-state index < -0.39 is 0 Å². The van der Waals surface area contributed by atoms with Gasteiger partial charge in [-0.2, -0.15) is 5.10 Å². The average molecular weight is 168 g/mol. The molecule has 2 N–H and O–H groups in total. The van der Waals surface area contributed by atoms with Gasteiger partial charge in [-0.05, 0) is 0 Å². The Morgan fingerprint density at radius 1 is 1.50 bits per heavy atom. The van der Waals surface area contributed by atoms with E-state index in [-0.39, 0.29) is 0 Å². The summed E-state index contributed by atoms with van der Waals surface area (Å²) >= 11 is 0. The van der Waals surface area contributed by atoms with Crippen molar-refractivity contribution < 1.29 is 9.84 Å². The molecular weight excluding hydrogens is 154 g/mol. The Morgan fingerprint density at radius 3 is 3.00 bits per heavy atom. The molecule has 0 spiro atoms. The lowest BCUT2D eigenvalue weighted by atomic mass is 10.3. The van der Waals surface area contributed by atoms with Gasteiger partial charge in [0.05, 0.1) is 18.9 Å². The van der Waals surface area contributed by atoms with E-state index in [0.717, 1.165) is 32.8 Å². The minimum Gasteiger partial charge on any atom is -0.379 e. The molecule has 4 nitrogen and oxygen atoms in total. The molecule has 0 bridgehead atoms. The Bertz CT molecular complexity index is 216. The highest BCUT2D eigenvalue weighted by molar-refractivity contribution is 4.93. The summed E-state index contributed by atoms with van der Waals surface area (Å²) in [7, 11) is 0. The first-order valence-electron chi connectivity index (χ1n) is 4.29. The zero-order chi connectivity index (χ0) is 8.23. The number of ether oxygens (including phenoxy) is 1. The first kappa shape index (κ1) is 7.76. The van der Waals surface area contributed by atoms with E-state index in [4.69, 9.17) is 4.74 Å². The molecule has 66 valence electrons. The topological polar surface area (TPSA) is 42.4 Å². The molecule has 2 rings (SSSR count). The molecule has 0 amide bonds. The molecule has 1 aliphatic rings. The van der Waals surface area contributed by atoms with Gasteiger partial charge in [-0.3, -0.25) is 4.90 Å². The number of aromatic amines is 2. The molecule has 1 fully saturated rings. The van der Waals surface area contributed by atoms with Gasteiger partial charge >= 0.3 is 0 Å². The van der Waals surface area contributed by atoms with Gasteiger partial charge < -0.3 is 4.74 Å². The number of H-pyrrole nitrogens is 2. The summed E-state index contributed by atoms with van der Waals surface area (Å²) in [4.78, 5) is 2.38. The molecule has 12 heavy (non-hydrogen) atoms. The van der Waals surface area contributed by atoms with E-state index in [2.05, 4.69) is 21.2 Å². The highest BCUT2D eigenvalue weighted by Crippen LogP contribution is 2.02. The summed E-state index contributed by atoms with van der Waals surface area (Å²) in [6, 6.07) is 2.06. The van der Waals surface area contributed by atoms with Crippen LogP contribution in [0.3, 0.4) is 0 Å². The maximum absolute atomic E-state index is 5.26. The fourth-order valence-electron chi connectivity index (χ4n) is 1.41. The van der Waals surface area contributed by atoms with Crippen LogP contribution in [0.25, 0.3) is 0 Å². The van der Waals surface area contributed by atoms with Crippen LogP contribution in [-0.4, -0.2) is 36.3 Å². The van der Waals surface area contributed by atoms with Crippen molar-refractivity contribution in [2.75, 3.05) is 26.3 Å². The van der Waals surface area contributed by atoms with Crippen molar-refractivity contribution in [1.82, 2.24) is 10.00 Å². The smallest absolute Gasteiger partial charge is 0.193 e. The second-order valence-electron chi connectivity index (χ2n) is 3.02. The van der Waals surface area contributed by atoms with Gasteiger partial charge in [-0.25, -0.2) is 0 Å². The van der Waals surface area contributed by atoms with Gasteiger partial charge in [0.25, 0.3) is 0 Å². The summed E-state index contributed by atoms with van der Waals surface area (Å²) in [5.41, 5.74) is 1.23. The number of hydrogen-bond donors (Lipinski definition) is 1. The number of aromatic nitrogens is 2. The lowest BCUT2D eigenvalue weighted by Gasteiger charge is -2.25. The third-order valence-electron chi connectivity index (χ3n) is 2.10. The van der Waals surface area contributed by atoms with Crippen LogP contribution in [0.1, 0.15) is 5.69 Å². The molecule has 0 aromatic carbocycles. The molecule has 1 aromatic heterocycles. The Hall–Kier alpha value is -0.870. The van der Waals surface area contributed by atoms with E-state index >= 15 is 0 Å². The second-order valence-corrected chi connectivity index (χ2v) is 3.02. The van der Waals surface area contributed by atoms with Crippen molar-refractivity contribution >= 4 is 0 Å². The van der Waals surface area contributed by atoms with E-state index in [1.165, 1.54) is 5.69 Å². The van der Waals surface area contributed by atoms with E-state index in [1.807, 2.05) is 6.20 Å². The van der Waals surface area contributed by atoms with Crippen LogP contribution >= 0.6 is 0 Å². The van der Waals surface area contributed by atoms with Gasteiger partial charge in [0.15, 0.2) is 6.20 Å². The predicted molar refractivity (Wildman–Crippen MR) is 43.4 cm³/mol. The van der Waals surface area contributed by atoms with Gasteiger partial charge in [0, 0.05) is 25.7 Å². The zero-order valence-electron chi connectivity index (χ0n) is 7.05. The molecule has 0 atom stereocenters. The van der Waals surface area contributed by atoms with Crippen molar-refractivity contribution in [1.29, 1.82) is 0 Å². The van der Waals surface area contributed by atoms with Crippen LogP contribution in [0.2, 0.25) is 0 Å². The van der Waals surface area contributed by atoms with Crippen molar-refractivity contribution in [2.45, 2.75) is 6.54 Å². The maximum atomic E-state index is 5.26. The molecular formula is C8H14N3O+. The molecule has 4 heteroatoms. The lowest BCUT2D eigenvalue weighted by molar-refractivity contribution is -0.450. The number of nitrogens with zero attached hydrogens (tertiary/aromatic N) is 1. The minimum atomic E-state index is 0.865. The molecule has 1 saturated heterocycles. The van der Waals surface area contributed by atoms with Crippen LogP contribution in [0.15, 0.2) is 12.3 Å². The van der Waals surface area contributed by atoms with E-state index in [0.29, 0.717) is 0 Å². The predicted octanol–water partition coefficient (Wildman–Crippen LogP) is -0.339. The van der Waals surface area contributed by atoms with Crippen LogP contribution in [0.5, 0.6) is 0 Å². The standard InChI is InChI=1S/C8H13N3O/c1-2-9-10-8(1)7-11-3-5-12-6-4-11/h1-2H,3-7H2,(H,9,10)/p+1. The van der Waals surface area contributed by atoms with Crippen molar-refractivity contribution in [3.05, 3.63) is 18.0 Å². The molecule has 0 unspecified atom stereocenters. The fraction of sp³-hybridized carbons (Fsp3) is 0.625. The molecule has 0 saturated carbocycles. The SMILES string of the molecule is c1cc(CN2CCOCC2)[nH][nH+]1. The third-order valence-corrected chi connectivity index (χ3v) is 2.10. The number of hydrogen-bond acceptors (Lipinski definition) is 2. The van der Waals surface area contributed by atoms with Gasteiger partial charge in [0.2, 0.25) is 0 Å². The Morgan fingerprint density at radius 2 is 2.33 bits per heavy atom. The maximum Gasteiger partial charge on any atom is 0.193 e. The number of rotatable bonds is 2. The van der Waals surface area contributed by atoms with Crippen LogP contribution in [0.4, 0.5) is 0 Å². The Kier molecular flexibility index (Phi) is 2.39. The molecule has 2 heterocycles. The summed E-state index contributed by atoms with van der Waals surface area (Å²) in [5, 5.41) is 6.01. The second kappa shape index (κ2) is 3.69. The van der Waals surface area contributed by atoms with Gasteiger partial charge in [-0.15, -0.1) is 5.10 Å². The quantitative estimate of drug-likeness (QED) is 0.656. The van der Waals surface area contributed by atoms with Crippen molar-refractivity contribution in [3.8, 4) is 0 Å². The van der Waals surface area contributed by atoms with Crippen molar-refractivity contribution in [3.63, 3.8) is 0 Å². The largest absolute Gasteiger partial charge is 0.379 e. The first-order valence-corrected chi connectivity index (χ1v) is 4.29. The normalized spacial score (nSPS) is 19.7. The average Bonchev–Trinajstić information content (AvgIpc) is 2.59. The summed E-state index contributed by atoms with van der Waals surface area (Å²) in [6.45, 7) is 4.81. The van der Waals surface area contributed by atoms with Gasteiger partial charge in [-0.1, -0.05) is 0 Å². The number of nitrogens with one attached hydrogen (secondary N) is 2. The fourth-order valence-corrected chi connectivity index (χ4v) is 1.41. The van der Waals surface area contributed by atoms with Crippen molar-refractivity contribution in [2.24, 2.45) is 0 Å². The zero-order valence-corrected chi connectivity index (χ0v) is 7.05. The molecule has 1 aliphatic heterocycles. The monoisotopic (exact) mass is 168 g/mol. The Labute approximate surface area is 71.5 Å². The van der Waals surface area contributed by atoms with Crippen LogP contribution < -0.4 is 5.10 Å². The lowest BCUT2D eigenvalue weighted by Crippen LogP contribution is -2.35. The number of morpholine rings is 1.